The number of hydrogen-bond donors (Lipinski definition) is 1. The van der Waals surface area contributed by atoms with Gasteiger partial charge in [-0.05, 0) is 25.1 Å². The van der Waals surface area contributed by atoms with Crippen molar-refractivity contribution < 1.29 is 9.13 Å². The van der Waals surface area contributed by atoms with Gasteiger partial charge in [-0.3, -0.25) is 4.98 Å². The van der Waals surface area contributed by atoms with Crippen molar-refractivity contribution in [3.8, 4) is 0 Å². The minimum absolute atomic E-state index is 0.169. The van der Waals surface area contributed by atoms with Crippen LogP contribution >= 0.6 is 0 Å². The molecule has 0 saturated carbocycles. The van der Waals surface area contributed by atoms with Gasteiger partial charge in [0.15, 0.2) is 0 Å². The molecule has 16 heavy (non-hydrogen) atoms. The average molecular weight is 226 g/mol. The summed E-state index contributed by atoms with van der Waals surface area (Å²) >= 11 is 0. The summed E-state index contributed by atoms with van der Waals surface area (Å²) in [6, 6.07) is 2.85. The lowest BCUT2D eigenvalue weighted by molar-refractivity contribution is 0.110. The Labute approximate surface area is 96.0 Å². The Morgan fingerprint density at radius 1 is 1.50 bits per heavy atom. The second kappa shape index (κ2) is 7.30. The largest absolute Gasteiger partial charge is 0.379 e. The van der Waals surface area contributed by atoms with Crippen LogP contribution in [0.3, 0.4) is 0 Å². The first kappa shape index (κ1) is 13.1. The molecule has 0 aromatic carbocycles. The molecule has 1 atom stereocenters. The van der Waals surface area contributed by atoms with E-state index in [1.807, 2.05) is 13.8 Å². The van der Waals surface area contributed by atoms with Crippen molar-refractivity contribution in [3.63, 3.8) is 0 Å². The van der Waals surface area contributed by atoms with Crippen LogP contribution in [0.1, 0.15) is 32.0 Å². The molecule has 0 spiro atoms. The fourth-order valence-corrected chi connectivity index (χ4v) is 1.48. The van der Waals surface area contributed by atoms with Gasteiger partial charge in [-0.2, -0.15) is 0 Å². The molecule has 0 radical (unpaired) electrons. The molecule has 0 aliphatic rings. The van der Waals surface area contributed by atoms with Crippen LogP contribution in [0.25, 0.3) is 0 Å². The topological polar surface area (TPSA) is 34.1 Å². The fraction of sp³-hybridized carbons (Fsp3) is 0.583. The van der Waals surface area contributed by atoms with Crippen LogP contribution in [0, 0.1) is 5.82 Å². The summed E-state index contributed by atoms with van der Waals surface area (Å²) in [5.74, 6) is -0.284. The lowest BCUT2D eigenvalue weighted by Crippen LogP contribution is -2.27. The molecule has 4 heteroatoms. The standard InChI is InChI=1S/C12H19FN2O/c1-3-8-16-9-11(14-4-2)12-10(13)6-5-7-15-12/h5-7,11,14H,3-4,8-9H2,1-2H3. The van der Waals surface area contributed by atoms with Gasteiger partial charge < -0.3 is 10.1 Å². The molecule has 1 aromatic heterocycles. The number of hydrogen-bond acceptors (Lipinski definition) is 3. The molecule has 0 fully saturated rings. The number of halogens is 1. The van der Waals surface area contributed by atoms with Gasteiger partial charge in [0.1, 0.15) is 5.82 Å². The molecule has 1 rings (SSSR count). The zero-order chi connectivity index (χ0) is 11.8. The maximum absolute atomic E-state index is 13.5. The van der Waals surface area contributed by atoms with E-state index < -0.39 is 0 Å². The van der Waals surface area contributed by atoms with Crippen molar-refractivity contribution in [2.24, 2.45) is 0 Å². The van der Waals surface area contributed by atoms with Crippen LogP contribution in [-0.4, -0.2) is 24.7 Å². The monoisotopic (exact) mass is 226 g/mol. The van der Waals surface area contributed by atoms with E-state index in [-0.39, 0.29) is 11.9 Å². The molecule has 0 amide bonds. The molecule has 90 valence electrons. The zero-order valence-corrected chi connectivity index (χ0v) is 9.87. The molecular weight excluding hydrogens is 207 g/mol. The highest BCUT2D eigenvalue weighted by Gasteiger charge is 2.15. The third-order valence-corrected chi connectivity index (χ3v) is 2.20. The molecule has 0 bridgehead atoms. The minimum Gasteiger partial charge on any atom is -0.379 e. The molecule has 1 heterocycles. The van der Waals surface area contributed by atoms with Gasteiger partial charge in [-0.15, -0.1) is 0 Å². The van der Waals surface area contributed by atoms with E-state index in [2.05, 4.69) is 10.3 Å². The van der Waals surface area contributed by atoms with Crippen LogP contribution < -0.4 is 5.32 Å². The van der Waals surface area contributed by atoms with E-state index in [9.17, 15) is 4.39 Å². The maximum Gasteiger partial charge on any atom is 0.146 e. The van der Waals surface area contributed by atoms with Gasteiger partial charge in [0, 0.05) is 12.8 Å². The van der Waals surface area contributed by atoms with Crippen LogP contribution in [0.2, 0.25) is 0 Å². The van der Waals surface area contributed by atoms with Gasteiger partial charge in [0.05, 0.1) is 18.3 Å². The first-order chi connectivity index (χ1) is 7.79. The van der Waals surface area contributed by atoms with E-state index in [1.165, 1.54) is 6.07 Å². The Morgan fingerprint density at radius 3 is 2.94 bits per heavy atom. The quantitative estimate of drug-likeness (QED) is 0.724. The van der Waals surface area contributed by atoms with E-state index in [1.54, 1.807) is 12.3 Å². The lowest BCUT2D eigenvalue weighted by Gasteiger charge is -2.17. The molecule has 1 N–H and O–H groups in total. The summed E-state index contributed by atoms with van der Waals surface area (Å²) in [4.78, 5) is 4.06. The Morgan fingerprint density at radius 2 is 2.31 bits per heavy atom. The Kier molecular flexibility index (Phi) is 5.96. The smallest absolute Gasteiger partial charge is 0.146 e. The van der Waals surface area contributed by atoms with E-state index in [0.29, 0.717) is 18.9 Å². The number of nitrogens with one attached hydrogen (secondary N) is 1. The lowest BCUT2D eigenvalue weighted by atomic mass is 10.2. The molecule has 0 saturated heterocycles. The first-order valence-corrected chi connectivity index (χ1v) is 5.71. The van der Waals surface area contributed by atoms with E-state index in [4.69, 9.17) is 4.74 Å². The number of nitrogens with zero attached hydrogens (tertiary/aromatic N) is 1. The van der Waals surface area contributed by atoms with Crippen molar-refractivity contribution in [2.75, 3.05) is 19.8 Å². The number of likely N-dealkylation sites (N-methyl/N-ethyl adjacent to an activating group) is 1. The number of aromatic nitrogens is 1. The van der Waals surface area contributed by atoms with Crippen LogP contribution in [0.15, 0.2) is 18.3 Å². The summed E-state index contributed by atoms with van der Waals surface area (Å²) in [5.41, 5.74) is 0.431. The SMILES string of the molecule is CCCOCC(NCC)c1ncccc1F. The van der Waals surface area contributed by atoms with Crippen molar-refractivity contribution >= 4 is 0 Å². The molecule has 0 aliphatic heterocycles. The second-order valence-corrected chi connectivity index (χ2v) is 3.56. The molecular formula is C12H19FN2O. The van der Waals surface area contributed by atoms with Gasteiger partial charge in [-0.1, -0.05) is 13.8 Å². The van der Waals surface area contributed by atoms with Gasteiger partial charge in [-0.25, -0.2) is 4.39 Å². The maximum atomic E-state index is 13.5. The molecule has 1 unspecified atom stereocenters. The Balaban J connectivity index is 2.65. The third-order valence-electron chi connectivity index (χ3n) is 2.20. The number of ether oxygens (including phenoxy) is 1. The summed E-state index contributed by atoms with van der Waals surface area (Å²) < 4.78 is 19.0. The molecule has 3 nitrogen and oxygen atoms in total. The average Bonchev–Trinajstić information content (AvgIpc) is 2.29. The highest BCUT2D eigenvalue weighted by atomic mass is 19.1. The summed E-state index contributed by atoms with van der Waals surface area (Å²) in [6.45, 7) is 5.93. The van der Waals surface area contributed by atoms with E-state index >= 15 is 0 Å². The second-order valence-electron chi connectivity index (χ2n) is 3.56. The highest BCUT2D eigenvalue weighted by molar-refractivity contribution is 5.11. The van der Waals surface area contributed by atoms with Crippen molar-refractivity contribution in [3.05, 3.63) is 29.8 Å². The summed E-state index contributed by atoms with van der Waals surface area (Å²) in [6.07, 6.45) is 2.56. The predicted octanol–water partition coefficient (Wildman–Crippen LogP) is 2.30. The van der Waals surface area contributed by atoms with Gasteiger partial charge in [0.25, 0.3) is 0 Å². The van der Waals surface area contributed by atoms with Crippen LogP contribution in [0.5, 0.6) is 0 Å². The summed E-state index contributed by atoms with van der Waals surface area (Å²) in [7, 11) is 0. The Bertz CT molecular complexity index is 307. The molecule has 1 aromatic rings. The van der Waals surface area contributed by atoms with Crippen LogP contribution in [-0.2, 0) is 4.74 Å². The Hall–Kier alpha value is -1.00. The van der Waals surface area contributed by atoms with Crippen molar-refractivity contribution in [1.82, 2.24) is 10.3 Å². The van der Waals surface area contributed by atoms with Crippen LogP contribution in [0.4, 0.5) is 4.39 Å². The van der Waals surface area contributed by atoms with Crippen molar-refractivity contribution in [2.45, 2.75) is 26.3 Å². The number of pyridine rings is 1. The van der Waals surface area contributed by atoms with E-state index in [0.717, 1.165) is 13.0 Å². The van der Waals surface area contributed by atoms with Gasteiger partial charge in [0.2, 0.25) is 0 Å². The summed E-state index contributed by atoms with van der Waals surface area (Å²) in [5, 5.41) is 3.17. The fourth-order valence-electron chi connectivity index (χ4n) is 1.48. The normalized spacial score (nSPS) is 12.7. The minimum atomic E-state index is -0.284. The molecule has 0 aliphatic carbocycles. The van der Waals surface area contributed by atoms with Crippen molar-refractivity contribution in [1.29, 1.82) is 0 Å². The number of rotatable bonds is 7. The van der Waals surface area contributed by atoms with Gasteiger partial charge >= 0.3 is 0 Å². The third kappa shape index (κ3) is 3.87. The first-order valence-electron chi connectivity index (χ1n) is 5.71. The zero-order valence-electron chi connectivity index (χ0n) is 9.87. The highest BCUT2D eigenvalue weighted by Crippen LogP contribution is 2.14. The predicted molar refractivity (Wildman–Crippen MR) is 61.7 cm³/mol.